The zero-order chi connectivity index (χ0) is 9.14. The summed E-state index contributed by atoms with van der Waals surface area (Å²) in [5.74, 6) is 1.24. The van der Waals surface area contributed by atoms with Crippen LogP contribution in [0.15, 0.2) is 18.2 Å². The highest BCUT2D eigenvalue weighted by atomic mass is 19.1. The van der Waals surface area contributed by atoms with Crippen molar-refractivity contribution in [2.75, 3.05) is 0 Å². The molecule has 0 saturated carbocycles. The number of halogens is 1. The fourth-order valence-corrected chi connectivity index (χ4v) is 0.915. The highest BCUT2D eigenvalue weighted by Gasteiger charge is 2.08. The van der Waals surface area contributed by atoms with Crippen molar-refractivity contribution in [1.82, 2.24) is 0 Å². The predicted molar refractivity (Wildman–Crippen MR) is 44.3 cm³/mol. The van der Waals surface area contributed by atoms with Crippen LogP contribution in [0.25, 0.3) is 0 Å². The molecular weight excluding hydrogens is 155 g/mol. The molecule has 0 N–H and O–H groups in total. The van der Waals surface area contributed by atoms with E-state index in [0.717, 1.165) is 0 Å². The second-order valence-electron chi connectivity index (χ2n) is 2.37. The molecule has 0 spiro atoms. The number of carbonyl (C=O) groups excluding carboxylic acids is 1. The fraction of sp³-hybridized carbons (Fsp3) is 0.100. The van der Waals surface area contributed by atoms with E-state index in [1.807, 2.05) is 0 Å². The first kappa shape index (κ1) is 8.48. The van der Waals surface area contributed by atoms with Crippen molar-refractivity contribution in [1.29, 1.82) is 0 Å². The Morgan fingerprint density at radius 3 is 2.75 bits per heavy atom. The maximum absolute atomic E-state index is 13.2. The Morgan fingerprint density at radius 1 is 1.58 bits per heavy atom. The normalized spacial score (nSPS) is 9.08. The molecule has 0 atom stereocenters. The number of ketones is 1. The maximum Gasteiger partial charge on any atom is 0.162 e. The quantitative estimate of drug-likeness (QED) is 0.456. The highest BCUT2D eigenvalue weighted by molar-refractivity contribution is 5.94. The molecule has 0 radical (unpaired) electrons. The van der Waals surface area contributed by atoms with Crippen molar-refractivity contribution in [2.45, 2.75) is 6.92 Å². The van der Waals surface area contributed by atoms with E-state index in [1.165, 1.54) is 19.1 Å². The molecule has 60 valence electrons. The Kier molecular flexibility index (Phi) is 2.25. The van der Waals surface area contributed by atoms with Gasteiger partial charge in [0.2, 0.25) is 0 Å². The average Bonchev–Trinajstić information content (AvgIpc) is 2.04. The SMILES string of the molecule is C#Cc1cccc(C(C)=O)c1F. The average molecular weight is 162 g/mol. The van der Waals surface area contributed by atoms with E-state index >= 15 is 0 Å². The molecule has 2 heteroatoms. The van der Waals surface area contributed by atoms with Gasteiger partial charge in [-0.1, -0.05) is 12.0 Å². The topological polar surface area (TPSA) is 17.1 Å². The van der Waals surface area contributed by atoms with Gasteiger partial charge in [0.25, 0.3) is 0 Å². The fourth-order valence-electron chi connectivity index (χ4n) is 0.915. The van der Waals surface area contributed by atoms with Crippen LogP contribution in [0.1, 0.15) is 22.8 Å². The smallest absolute Gasteiger partial charge is 0.162 e. The zero-order valence-electron chi connectivity index (χ0n) is 6.60. The number of carbonyl (C=O) groups is 1. The van der Waals surface area contributed by atoms with E-state index < -0.39 is 5.82 Å². The van der Waals surface area contributed by atoms with Crippen LogP contribution >= 0.6 is 0 Å². The summed E-state index contributed by atoms with van der Waals surface area (Å²) in [6.45, 7) is 1.30. The van der Waals surface area contributed by atoms with Gasteiger partial charge in [0.15, 0.2) is 5.78 Å². The third-order valence-corrected chi connectivity index (χ3v) is 1.53. The van der Waals surface area contributed by atoms with Gasteiger partial charge in [-0.15, -0.1) is 6.42 Å². The van der Waals surface area contributed by atoms with Crippen LogP contribution < -0.4 is 0 Å². The Hall–Kier alpha value is -1.62. The lowest BCUT2D eigenvalue weighted by molar-refractivity contribution is 0.101. The summed E-state index contributed by atoms with van der Waals surface area (Å²) in [6.07, 6.45) is 5.02. The van der Waals surface area contributed by atoms with Gasteiger partial charge in [0.05, 0.1) is 11.1 Å². The van der Waals surface area contributed by atoms with E-state index in [2.05, 4.69) is 5.92 Å². The molecule has 1 rings (SSSR count). The van der Waals surface area contributed by atoms with Crippen molar-refractivity contribution < 1.29 is 9.18 Å². The van der Waals surface area contributed by atoms with Gasteiger partial charge in [0, 0.05) is 0 Å². The highest BCUT2D eigenvalue weighted by Crippen LogP contribution is 2.11. The first-order chi connectivity index (χ1) is 5.66. The summed E-state index contributed by atoms with van der Waals surface area (Å²) >= 11 is 0. The Balaban J connectivity index is 3.35. The zero-order valence-corrected chi connectivity index (χ0v) is 6.60. The van der Waals surface area contributed by atoms with Crippen LogP contribution in [0.4, 0.5) is 4.39 Å². The molecule has 12 heavy (non-hydrogen) atoms. The number of hydrogen-bond donors (Lipinski definition) is 0. The van der Waals surface area contributed by atoms with Crippen molar-refractivity contribution in [2.24, 2.45) is 0 Å². The summed E-state index contributed by atoms with van der Waals surface area (Å²) < 4.78 is 13.2. The maximum atomic E-state index is 13.2. The van der Waals surface area contributed by atoms with Gasteiger partial charge < -0.3 is 0 Å². The summed E-state index contributed by atoms with van der Waals surface area (Å²) in [4.78, 5) is 10.8. The minimum atomic E-state index is -0.604. The van der Waals surface area contributed by atoms with Gasteiger partial charge in [-0.3, -0.25) is 4.79 Å². The summed E-state index contributed by atoms with van der Waals surface area (Å²) in [6, 6.07) is 4.44. The van der Waals surface area contributed by atoms with Gasteiger partial charge in [-0.25, -0.2) is 4.39 Å². The van der Waals surface area contributed by atoms with Crippen LogP contribution in [0.5, 0.6) is 0 Å². The molecule has 0 saturated heterocycles. The molecule has 1 aromatic carbocycles. The summed E-state index contributed by atoms with van der Waals surface area (Å²) in [5, 5.41) is 0. The number of Topliss-reactive ketones (excluding diaryl/α,β-unsaturated/α-hetero) is 1. The molecule has 0 fully saturated rings. The van der Waals surface area contributed by atoms with E-state index in [9.17, 15) is 9.18 Å². The van der Waals surface area contributed by atoms with Crippen molar-refractivity contribution in [3.8, 4) is 12.3 Å². The molecule has 0 aliphatic rings. The number of rotatable bonds is 1. The summed E-state index contributed by atoms with van der Waals surface area (Å²) in [5.41, 5.74) is 0.174. The standard InChI is InChI=1S/C10H7FO/c1-3-8-5-4-6-9(7(2)12)10(8)11/h1,4-6H,2H3. The van der Waals surface area contributed by atoms with Crippen LogP contribution in [0, 0.1) is 18.2 Å². The van der Waals surface area contributed by atoms with E-state index in [0.29, 0.717) is 0 Å². The largest absolute Gasteiger partial charge is 0.294 e. The number of terminal acetylenes is 1. The molecule has 1 aromatic rings. The van der Waals surface area contributed by atoms with Crippen LogP contribution in [-0.2, 0) is 0 Å². The first-order valence-electron chi connectivity index (χ1n) is 3.43. The van der Waals surface area contributed by atoms with Gasteiger partial charge in [-0.05, 0) is 19.1 Å². The van der Waals surface area contributed by atoms with Crippen LogP contribution in [0.3, 0.4) is 0 Å². The Bertz CT molecular complexity index is 361. The van der Waals surface area contributed by atoms with E-state index in [4.69, 9.17) is 6.42 Å². The Labute approximate surface area is 70.2 Å². The number of benzene rings is 1. The molecule has 0 aliphatic carbocycles. The van der Waals surface area contributed by atoms with Crippen LogP contribution in [-0.4, -0.2) is 5.78 Å². The van der Waals surface area contributed by atoms with E-state index in [1.54, 1.807) is 6.07 Å². The minimum absolute atomic E-state index is 0.0467. The van der Waals surface area contributed by atoms with Crippen molar-refractivity contribution in [3.05, 3.63) is 35.1 Å². The molecule has 0 bridgehead atoms. The molecule has 0 aromatic heterocycles. The number of hydrogen-bond acceptors (Lipinski definition) is 1. The van der Waals surface area contributed by atoms with Gasteiger partial charge >= 0.3 is 0 Å². The van der Waals surface area contributed by atoms with E-state index in [-0.39, 0.29) is 16.9 Å². The van der Waals surface area contributed by atoms with Gasteiger partial charge in [0.1, 0.15) is 5.82 Å². The molecule has 0 amide bonds. The van der Waals surface area contributed by atoms with Crippen molar-refractivity contribution >= 4 is 5.78 Å². The first-order valence-corrected chi connectivity index (χ1v) is 3.43. The lowest BCUT2D eigenvalue weighted by atomic mass is 10.1. The minimum Gasteiger partial charge on any atom is -0.294 e. The monoisotopic (exact) mass is 162 g/mol. The van der Waals surface area contributed by atoms with Crippen molar-refractivity contribution in [3.63, 3.8) is 0 Å². The Morgan fingerprint density at radius 2 is 2.25 bits per heavy atom. The predicted octanol–water partition coefficient (Wildman–Crippen LogP) is 2.01. The third-order valence-electron chi connectivity index (χ3n) is 1.53. The second-order valence-corrected chi connectivity index (χ2v) is 2.37. The molecule has 0 heterocycles. The molecule has 0 aliphatic heterocycles. The molecule has 1 nitrogen and oxygen atoms in total. The summed E-state index contributed by atoms with van der Waals surface area (Å²) in [7, 11) is 0. The lowest BCUT2D eigenvalue weighted by Crippen LogP contribution is -1.98. The third kappa shape index (κ3) is 1.35. The molecular formula is C10H7FO. The second kappa shape index (κ2) is 3.19. The van der Waals surface area contributed by atoms with Crippen LogP contribution in [0.2, 0.25) is 0 Å². The lowest BCUT2D eigenvalue weighted by Gasteiger charge is -1.99. The van der Waals surface area contributed by atoms with Gasteiger partial charge in [-0.2, -0.15) is 0 Å². The molecule has 0 unspecified atom stereocenters.